The van der Waals surface area contributed by atoms with Crippen molar-refractivity contribution in [1.82, 2.24) is 4.90 Å². The molecule has 1 saturated heterocycles. The van der Waals surface area contributed by atoms with Gasteiger partial charge in [0.15, 0.2) is 0 Å². The van der Waals surface area contributed by atoms with Gasteiger partial charge in [0.25, 0.3) is 0 Å². The van der Waals surface area contributed by atoms with Gasteiger partial charge in [-0.15, -0.1) is 0 Å². The first-order valence-electron chi connectivity index (χ1n) is 7.06. The van der Waals surface area contributed by atoms with Crippen LogP contribution in [0, 0.1) is 0 Å². The van der Waals surface area contributed by atoms with E-state index in [0.717, 1.165) is 31.4 Å². The Morgan fingerprint density at radius 1 is 1.28 bits per heavy atom. The number of nitrogens with zero attached hydrogens (tertiary/aromatic N) is 1. The van der Waals surface area contributed by atoms with Gasteiger partial charge in [-0.25, -0.2) is 0 Å². The zero-order chi connectivity index (χ0) is 12.6. The zero-order valence-electron chi connectivity index (χ0n) is 11.0. The molecule has 0 radical (unpaired) electrons. The molecule has 1 aliphatic carbocycles. The second-order valence-electron chi connectivity index (χ2n) is 5.08. The molecule has 3 nitrogen and oxygen atoms in total. The monoisotopic (exact) mass is 249 g/mol. The Balaban J connectivity index is 1.62. The minimum absolute atomic E-state index is 0.153. The van der Waals surface area contributed by atoms with Crippen LogP contribution >= 0.6 is 0 Å². The maximum absolute atomic E-state index is 10.6. The van der Waals surface area contributed by atoms with Crippen LogP contribution in [0.3, 0.4) is 0 Å². The minimum atomic E-state index is 0.153. The van der Waals surface area contributed by atoms with E-state index in [4.69, 9.17) is 4.74 Å². The number of ether oxygens (including phenoxy) is 1. The van der Waals surface area contributed by atoms with Crippen LogP contribution in [0.2, 0.25) is 0 Å². The Bertz CT molecular complexity index is 314. The summed E-state index contributed by atoms with van der Waals surface area (Å²) < 4.78 is 5.83. The van der Waals surface area contributed by atoms with Crippen molar-refractivity contribution in [3.8, 4) is 0 Å². The summed E-state index contributed by atoms with van der Waals surface area (Å²) in [7, 11) is 0. The van der Waals surface area contributed by atoms with E-state index in [1.807, 2.05) is 18.2 Å². The van der Waals surface area contributed by atoms with Gasteiger partial charge in [0.05, 0.1) is 12.7 Å². The van der Waals surface area contributed by atoms with E-state index in [1.165, 1.54) is 38.8 Å². The predicted octanol–water partition coefficient (Wildman–Crippen LogP) is 2.33. The van der Waals surface area contributed by atoms with Gasteiger partial charge in [-0.2, -0.15) is 0 Å². The van der Waals surface area contributed by atoms with Crippen LogP contribution in [0.25, 0.3) is 0 Å². The molecule has 0 bridgehead atoms. The van der Waals surface area contributed by atoms with Gasteiger partial charge < -0.3 is 9.64 Å². The standard InChI is InChI=1S/C15H23NO2/c17-13-14-5-7-15(8-6-14)18-12-11-16-9-3-1-2-4-10-16/h5-7,13,15H,1-4,8-12H2. The average molecular weight is 249 g/mol. The normalized spacial score (nSPS) is 25.6. The molecule has 3 heteroatoms. The first kappa shape index (κ1) is 13.5. The summed E-state index contributed by atoms with van der Waals surface area (Å²) in [6, 6.07) is 0. The number of aldehydes is 1. The molecule has 0 N–H and O–H groups in total. The fourth-order valence-corrected chi connectivity index (χ4v) is 2.52. The maximum Gasteiger partial charge on any atom is 0.149 e. The molecule has 0 amide bonds. The van der Waals surface area contributed by atoms with Crippen LogP contribution in [-0.4, -0.2) is 43.5 Å². The van der Waals surface area contributed by atoms with E-state index in [-0.39, 0.29) is 6.10 Å². The minimum Gasteiger partial charge on any atom is -0.372 e. The first-order chi connectivity index (χ1) is 8.88. The summed E-state index contributed by atoms with van der Waals surface area (Å²) in [6.07, 6.45) is 13.1. The largest absolute Gasteiger partial charge is 0.372 e. The molecule has 2 aliphatic rings. The van der Waals surface area contributed by atoms with Crippen LogP contribution in [0.5, 0.6) is 0 Å². The Labute approximate surface area is 109 Å². The number of carbonyl (C=O) groups excluding carboxylic acids is 1. The third kappa shape index (κ3) is 4.39. The second-order valence-corrected chi connectivity index (χ2v) is 5.08. The summed E-state index contributed by atoms with van der Waals surface area (Å²) in [6.45, 7) is 4.27. The molecule has 1 fully saturated rings. The fraction of sp³-hybridized carbons (Fsp3) is 0.667. The molecule has 0 aromatic heterocycles. The molecule has 0 aromatic rings. The number of hydrogen-bond acceptors (Lipinski definition) is 3. The van der Waals surface area contributed by atoms with Gasteiger partial charge in [-0.1, -0.05) is 31.1 Å². The van der Waals surface area contributed by atoms with E-state index in [1.54, 1.807) is 0 Å². The Morgan fingerprint density at radius 2 is 2.06 bits per heavy atom. The smallest absolute Gasteiger partial charge is 0.149 e. The Hall–Kier alpha value is -0.930. The molecule has 1 aliphatic heterocycles. The molecule has 0 aromatic carbocycles. The number of likely N-dealkylation sites (tertiary alicyclic amines) is 1. The molecule has 1 unspecified atom stereocenters. The molecule has 2 rings (SSSR count). The Morgan fingerprint density at radius 3 is 2.67 bits per heavy atom. The van der Waals surface area contributed by atoms with E-state index >= 15 is 0 Å². The molecule has 0 spiro atoms. The van der Waals surface area contributed by atoms with Gasteiger partial charge in [0.1, 0.15) is 6.29 Å². The molecule has 18 heavy (non-hydrogen) atoms. The summed E-state index contributed by atoms with van der Waals surface area (Å²) in [5.41, 5.74) is 0.766. The van der Waals surface area contributed by atoms with Crippen molar-refractivity contribution >= 4 is 6.29 Å². The van der Waals surface area contributed by atoms with Crippen LogP contribution in [0.1, 0.15) is 32.1 Å². The van der Waals surface area contributed by atoms with Crippen LogP contribution in [0.4, 0.5) is 0 Å². The van der Waals surface area contributed by atoms with Crippen molar-refractivity contribution < 1.29 is 9.53 Å². The fourth-order valence-electron chi connectivity index (χ4n) is 2.52. The molecule has 1 heterocycles. The van der Waals surface area contributed by atoms with Crippen LogP contribution in [0.15, 0.2) is 23.8 Å². The highest BCUT2D eigenvalue weighted by atomic mass is 16.5. The van der Waals surface area contributed by atoms with Gasteiger partial charge in [0.2, 0.25) is 0 Å². The lowest BCUT2D eigenvalue weighted by Crippen LogP contribution is -2.29. The van der Waals surface area contributed by atoms with Crippen LogP contribution < -0.4 is 0 Å². The summed E-state index contributed by atoms with van der Waals surface area (Å²) in [4.78, 5) is 13.1. The summed E-state index contributed by atoms with van der Waals surface area (Å²) >= 11 is 0. The third-order valence-corrected chi connectivity index (χ3v) is 3.66. The topological polar surface area (TPSA) is 29.5 Å². The van der Waals surface area contributed by atoms with E-state index in [2.05, 4.69) is 4.90 Å². The summed E-state index contributed by atoms with van der Waals surface area (Å²) in [5.74, 6) is 0. The highest BCUT2D eigenvalue weighted by Crippen LogP contribution is 2.13. The Kier molecular flexibility index (Phi) is 5.62. The van der Waals surface area contributed by atoms with Crippen molar-refractivity contribution in [3.05, 3.63) is 23.8 Å². The van der Waals surface area contributed by atoms with Gasteiger partial charge >= 0.3 is 0 Å². The van der Waals surface area contributed by atoms with Gasteiger partial charge in [0, 0.05) is 12.1 Å². The van der Waals surface area contributed by atoms with Crippen molar-refractivity contribution in [2.24, 2.45) is 0 Å². The van der Waals surface area contributed by atoms with Crippen molar-refractivity contribution in [2.75, 3.05) is 26.2 Å². The zero-order valence-corrected chi connectivity index (χ0v) is 11.0. The highest BCUT2D eigenvalue weighted by Gasteiger charge is 2.11. The molecule has 1 atom stereocenters. The van der Waals surface area contributed by atoms with E-state index < -0.39 is 0 Å². The molecule has 100 valence electrons. The van der Waals surface area contributed by atoms with Crippen molar-refractivity contribution in [3.63, 3.8) is 0 Å². The third-order valence-electron chi connectivity index (χ3n) is 3.66. The van der Waals surface area contributed by atoms with Crippen molar-refractivity contribution in [1.29, 1.82) is 0 Å². The number of allylic oxidation sites excluding steroid dienone is 2. The lowest BCUT2D eigenvalue weighted by Gasteiger charge is -2.21. The van der Waals surface area contributed by atoms with Crippen LogP contribution in [-0.2, 0) is 9.53 Å². The first-order valence-corrected chi connectivity index (χ1v) is 7.06. The SMILES string of the molecule is O=CC1=CCC(OCCN2CCCCCC2)C=C1. The van der Waals surface area contributed by atoms with E-state index in [0.29, 0.717) is 0 Å². The number of rotatable bonds is 5. The lowest BCUT2D eigenvalue weighted by atomic mass is 10.1. The lowest BCUT2D eigenvalue weighted by molar-refractivity contribution is -0.104. The molecule has 0 saturated carbocycles. The summed E-state index contributed by atoms with van der Waals surface area (Å²) in [5, 5.41) is 0. The van der Waals surface area contributed by atoms with Gasteiger partial charge in [-0.3, -0.25) is 4.79 Å². The number of carbonyl (C=O) groups is 1. The number of hydrogen-bond donors (Lipinski definition) is 0. The van der Waals surface area contributed by atoms with Gasteiger partial charge in [-0.05, 0) is 32.4 Å². The second kappa shape index (κ2) is 7.49. The average Bonchev–Trinajstić information content (AvgIpc) is 2.68. The van der Waals surface area contributed by atoms with E-state index in [9.17, 15) is 4.79 Å². The molecular formula is C15H23NO2. The molecular weight excluding hydrogens is 226 g/mol. The van der Waals surface area contributed by atoms with Crippen molar-refractivity contribution in [2.45, 2.75) is 38.2 Å². The predicted molar refractivity (Wildman–Crippen MR) is 72.6 cm³/mol. The highest BCUT2D eigenvalue weighted by molar-refractivity contribution is 5.77. The quantitative estimate of drug-likeness (QED) is 0.700. The maximum atomic E-state index is 10.6.